The normalized spacial score (nSPS) is 16.6. The third kappa shape index (κ3) is 5.27. The number of likely N-dealkylation sites (N-methyl/N-ethyl adjacent to an activating group) is 1. The standard InChI is InChI=1S/C22H23ClF2N4O3S2/c1-28(15-5-6-29(11-15)10-14-7-16(32-2)3-4-18(14)24)20-9-19(25)21(8-17(20)23)34(30,31)27-22-12-33-13-26-22/h3-4,7-9,12-13,15,27H,5-6,10-11H2,1-2H3. The second kappa shape index (κ2) is 10.0. The minimum absolute atomic E-state index is 0.0128. The Bertz CT molecular complexity index is 1280. The van der Waals surface area contributed by atoms with E-state index in [0.717, 1.165) is 25.1 Å². The minimum atomic E-state index is -4.19. The molecule has 1 fully saturated rings. The number of methoxy groups -OCH3 is 1. The zero-order chi connectivity index (χ0) is 24.5. The van der Waals surface area contributed by atoms with Gasteiger partial charge in [-0.05, 0) is 30.7 Å². The van der Waals surface area contributed by atoms with Crippen LogP contribution in [0.25, 0.3) is 0 Å². The first kappa shape index (κ1) is 24.6. The van der Waals surface area contributed by atoms with Crippen molar-refractivity contribution in [2.75, 3.05) is 36.9 Å². The van der Waals surface area contributed by atoms with Gasteiger partial charge < -0.3 is 9.64 Å². The second-order valence-electron chi connectivity index (χ2n) is 7.96. The zero-order valence-corrected chi connectivity index (χ0v) is 20.9. The number of hydrogen-bond acceptors (Lipinski definition) is 7. The maximum absolute atomic E-state index is 14.9. The first-order chi connectivity index (χ1) is 16.2. The average molecular weight is 529 g/mol. The van der Waals surface area contributed by atoms with Crippen molar-refractivity contribution in [3.63, 3.8) is 0 Å². The molecule has 1 aliphatic heterocycles. The van der Waals surface area contributed by atoms with Gasteiger partial charge in [-0.1, -0.05) is 11.6 Å². The number of hydrogen-bond donors (Lipinski definition) is 1. The molecule has 2 heterocycles. The van der Waals surface area contributed by atoms with Crippen molar-refractivity contribution in [1.29, 1.82) is 0 Å². The molecule has 1 atom stereocenters. The number of aromatic nitrogens is 1. The average Bonchev–Trinajstić information content (AvgIpc) is 3.48. The van der Waals surface area contributed by atoms with Crippen LogP contribution in [0, 0.1) is 11.6 Å². The number of ether oxygens (including phenoxy) is 1. The lowest BCUT2D eigenvalue weighted by atomic mass is 10.2. The Kier molecular flexibility index (Phi) is 7.27. The molecule has 2 aromatic carbocycles. The molecule has 0 aliphatic carbocycles. The molecule has 4 rings (SSSR count). The summed E-state index contributed by atoms with van der Waals surface area (Å²) in [6.07, 6.45) is 0.755. The molecule has 0 amide bonds. The quantitative estimate of drug-likeness (QED) is 0.461. The van der Waals surface area contributed by atoms with E-state index in [-0.39, 0.29) is 22.7 Å². The maximum Gasteiger partial charge on any atom is 0.266 e. The number of halogens is 3. The van der Waals surface area contributed by atoms with Crippen molar-refractivity contribution in [1.82, 2.24) is 9.88 Å². The van der Waals surface area contributed by atoms with Gasteiger partial charge in [-0.2, -0.15) is 0 Å². The second-order valence-corrected chi connectivity index (χ2v) is 10.7. The molecule has 1 unspecified atom stereocenters. The molecular formula is C22H23ClF2N4O3S2. The fourth-order valence-corrected chi connectivity index (χ4v) is 5.96. The number of likely N-dealkylation sites (tertiary alicyclic amines) is 1. The monoisotopic (exact) mass is 528 g/mol. The molecule has 1 aromatic heterocycles. The van der Waals surface area contributed by atoms with E-state index >= 15 is 0 Å². The van der Waals surface area contributed by atoms with E-state index in [4.69, 9.17) is 16.3 Å². The van der Waals surface area contributed by atoms with Crippen LogP contribution in [0.5, 0.6) is 5.75 Å². The molecule has 34 heavy (non-hydrogen) atoms. The number of anilines is 2. The van der Waals surface area contributed by atoms with Crippen molar-refractivity contribution >= 4 is 44.5 Å². The van der Waals surface area contributed by atoms with Crippen molar-refractivity contribution in [3.8, 4) is 5.75 Å². The first-order valence-electron chi connectivity index (χ1n) is 10.4. The smallest absolute Gasteiger partial charge is 0.266 e. The predicted octanol–water partition coefficient (Wildman–Crippen LogP) is 4.59. The van der Waals surface area contributed by atoms with E-state index in [1.807, 2.05) is 4.90 Å². The number of rotatable bonds is 8. The van der Waals surface area contributed by atoms with Gasteiger partial charge in [0.2, 0.25) is 0 Å². The van der Waals surface area contributed by atoms with E-state index in [0.29, 0.717) is 30.1 Å². The number of nitrogens with zero attached hydrogens (tertiary/aromatic N) is 3. The molecule has 1 N–H and O–H groups in total. The van der Waals surface area contributed by atoms with Gasteiger partial charge in [0, 0.05) is 49.7 Å². The molecule has 7 nitrogen and oxygen atoms in total. The lowest BCUT2D eigenvalue weighted by Gasteiger charge is -2.28. The van der Waals surface area contributed by atoms with Crippen LogP contribution in [-0.4, -0.2) is 51.6 Å². The molecule has 0 radical (unpaired) electrons. The van der Waals surface area contributed by atoms with Gasteiger partial charge in [0.05, 0.1) is 23.3 Å². The fraction of sp³-hybridized carbons (Fsp3) is 0.318. The molecule has 1 aliphatic rings. The highest BCUT2D eigenvalue weighted by molar-refractivity contribution is 7.92. The van der Waals surface area contributed by atoms with Crippen molar-refractivity contribution in [2.45, 2.75) is 23.9 Å². The van der Waals surface area contributed by atoms with Gasteiger partial charge in [0.15, 0.2) is 5.82 Å². The highest BCUT2D eigenvalue weighted by Crippen LogP contribution is 2.34. The van der Waals surface area contributed by atoms with Gasteiger partial charge in [0.1, 0.15) is 22.3 Å². The summed E-state index contributed by atoms with van der Waals surface area (Å²) in [4.78, 5) is 7.24. The lowest BCUT2D eigenvalue weighted by Crippen LogP contribution is -2.34. The van der Waals surface area contributed by atoms with Gasteiger partial charge in [-0.15, -0.1) is 11.3 Å². The van der Waals surface area contributed by atoms with Crippen molar-refractivity contribution in [2.24, 2.45) is 0 Å². The highest BCUT2D eigenvalue weighted by atomic mass is 35.5. The van der Waals surface area contributed by atoms with Crippen LogP contribution >= 0.6 is 22.9 Å². The van der Waals surface area contributed by atoms with E-state index in [9.17, 15) is 17.2 Å². The van der Waals surface area contributed by atoms with Crippen molar-refractivity contribution in [3.05, 3.63) is 63.4 Å². The molecule has 0 saturated carbocycles. The summed E-state index contributed by atoms with van der Waals surface area (Å²) in [7, 11) is -0.874. The van der Waals surface area contributed by atoms with Crippen LogP contribution in [-0.2, 0) is 16.6 Å². The van der Waals surface area contributed by atoms with E-state index < -0.39 is 20.7 Å². The van der Waals surface area contributed by atoms with Crippen LogP contribution in [0.4, 0.5) is 20.3 Å². The fourth-order valence-electron chi connectivity index (χ4n) is 3.96. The van der Waals surface area contributed by atoms with Crippen LogP contribution in [0.1, 0.15) is 12.0 Å². The number of thiazole rings is 1. The largest absolute Gasteiger partial charge is 0.497 e. The summed E-state index contributed by atoms with van der Waals surface area (Å²) in [5, 5.41) is 1.61. The molecule has 1 saturated heterocycles. The summed E-state index contributed by atoms with van der Waals surface area (Å²) in [5.41, 5.74) is 2.38. The molecule has 12 heteroatoms. The summed E-state index contributed by atoms with van der Waals surface area (Å²) in [5.74, 6) is -0.515. The van der Waals surface area contributed by atoms with Gasteiger partial charge in [0.25, 0.3) is 10.0 Å². The zero-order valence-electron chi connectivity index (χ0n) is 18.5. The maximum atomic E-state index is 14.9. The first-order valence-corrected chi connectivity index (χ1v) is 13.2. The topological polar surface area (TPSA) is 74.8 Å². The molecule has 182 valence electrons. The Hall–Kier alpha value is -2.47. The van der Waals surface area contributed by atoms with Crippen LogP contribution in [0.15, 0.2) is 46.1 Å². The Labute approximate surface area is 206 Å². The predicted molar refractivity (Wildman–Crippen MR) is 129 cm³/mol. The Morgan fingerprint density at radius 1 is 1.29 bits per heavy atom. The van der Waals surface area contributed by atoms with E-state index in [1.54, 1.807) is 19.2 Å². The third-order valence-corrected chi connectivity index (χ3v) is 8.04. The number of sulfonamides is 1. The third-order valence-electron chi connectivity index (χ3n) is 5.78. The van der Waals surface area contributed by atoms with Gasteiger partial charge >= 0.3 is 0 Å². The summed E-state index contributed by atoms with van der Waals surface area (Å²) < 4.78 is 61.7. The van der Waals surface area contributed by atoms with Crippen LogP contribution in [0.2, 0.25) is 5.02 Å². The summed E-state index contributed by atoms with van der Waals surface area (Å²) in [6.45, 7) is 1.74. The SMILES string of the molecule is COc1ccc(F)c(CN2CCC(N(C)c3cc(F)c(S(=O)(=O)Nc4cscn4)cc3Cl)C2)c1. The van der Waals surface area contributed by atoms with Gasteiger partial charge in [-0.3, -0.25) is 9.62 Å². The molecule has 3 aromatic rings. The summed E-state index contributed by atoms with van der Waals surface area (Å²) in [6, 6.07) is 6.86. The minimum Gasteiger partial charge on any atom is -0.497 e. The Morgan fingerprint density at radius 2 is 2.09 bits per heavy atom. The van der Waals surface area contributed by atoms with E-state index in [1.165, 1.54) is 35.4 Å². The number of nitrogens with one attached hydrogen (secondary N) is 1. The molecule has 0 bridgehead atoms. The Balaban J connectivity index is 1.48. The molecular weight excluding hydrogens is 506 g/mol. The highest BCUT2D eigenvalue weighted by Gasteiger charge is 2.29. The van der Waals surface area contributed by atoms with Crippen molar-refractivity contribution < 1.29 is 21.9 Å². The van der Waals surface area contributed by atoms with Crippen LogP contribution < -0.4 is 14.4 Å². The van der Waals surface area contributed by atoms with Gasteiger partial charge in [-0.25, -0.2) is 22.2 Å². The molecule has 0 spiro atoms. The Morgan fingerprint density at radius 3 is 2.79 bits per heavy atom. The lowest BCUT2D eigenvalue weighted by molar-refractivity contribution is 0.319. The summed E-state index contributed by atoms with van der Waals surface area (Å²) >= 11 is 7.60. The number of benzene rings is 2. The van der Waals surface area contributed by atoms with E-state index in [2.05, 4.69) is 14.6 Å². The van der Waals surface area contributed by atoms with Crippen LogP contribution in [0.3, 0.4) is 0 Å².